The summed E-state index contributed by atoms with van der Waals surface area (Å²) in [5.41, 5.74) is 2.65. The maximum Gasteiger partial charge on any atom is 0.150 e. The van der Waals surface area contributed by atoms with Gasteiger partial charge in [0.15, 0.2) is 0 Å². The summed E-state index contributed by atoms with van der Waals surface area (Å²) in [6, 6.07) is 5.66. The molecule has 4 nitrogen and oxygen atoms in total. The molecule has 3 rings (SSSR count). The summed E-state index contributed by atoms with van der Waals surface area (Å²) in [6.45, 7) is 0. The van der Waals surface area contributed by atoms with Crippen molar-refractivity contribution in [1.82, 2.24) is 4.98 Å². The molecular formula is C14H12N2O2. The lowest BCUT2D eigenvalue weighted by Crippen LogP contribution is -1.83. The van der Waals surface area contributed by atoms with E-state index in [2.05, 4.69) is 9.98 Å². The highest BCUT2D eigenvalue weighted by molar-refractivity contribution is 5.80. The molecule has 2 aromatic heterocycles. The second-order valence-electron chi connectivity index (χ2n) is 3.85. The normalized spacial score (nSPS) is 15.7. The fourth-order valence-corrected chi connectivity index (χ4v) is 1.84. The molecule has 1 aliphatic heterocycles. The molecule has 0 fully saturated rings. The number of hydrogen-bond donors (Lipinski definition) is 1. The molecule has 0 saturated carbocycles. The maximum atomic E-state index is 5.35. The van der Waals surface area contributed by atoms with Gasteiger partial charge in [-0.05, 0) is 30.4 Å². The molecule has 1 N–H and O–H groups in total. The SMILES string of the molecule is COc1cc(-c2ccco2)[nH]c1/C=C1/C=CC=N1. The zero-order chi connectivity index (χ0) is 12.4. The van der Waals surface area contributed by atoms with Crippen LogP contribution in [0.4, 0.5) is 0 Å². The number of furan rings is 1. The van der Waals surface area contributed by atoms with Gasteiger partial charge in [0.25, 0.3) is 0 Å². The van der Waals surface area contributed by atoms with Crippen molar-refractivity contribution in [3.63, 3.8) is 0 Å². The van der Waals surface area contributed by atoms with Crippen LogP contribution >= 0.6 is 0 Å². The zero-order valence-electron chi connectivity index (χ0n) is 9.88. The average molecular weight is 240 g/mol. The first-order valence-corrected chi connectivity index (χ1v) is 5.60. The highest BCUT2D eigenvalue weighted by Gasteiger charge is 2.10. The summed E-state index contributed by atoms with van der Waals surface area (Å²) in [5, 5.41) is 0. The number of aromatic nitrogens is 1. The smallest absolute Gasteiger partial charge is 0.150 e. The molecule has 0 atom stereocenters. The second-order valence-corrected chi connectivity index (χ2v) is 3.85. The predicted molar refractivity (Wildman–Crippen MR) is 70.7 cm³/mol. The molecule has 90 valence electrons. The number of ether oxygens (including phenoxy) is 1. The number of methoxy groups -OCH3 is 1. The van der Waals surface area contributed by atoms with Crippen molar-refractivity contribution in [2.45, 2.75) is 0 Å². The van der Waals surface area contributed by atoms with E-state index in [1.807, 2.05) is 36.4 Å². The number of nitrogens with one attached hydrogen (secondary N) is 1. The molecule has 0 saturated heterocycles. The van der Waals surface area contributed by atoms with Gasteiger partial charge in [-0.15, -0.1) is 0 Å². The minimum absolute atomic E-state index is 0.768. The Bertz CT molecular complexity index is 617. The summed E-state index contributed by atoms with van der Waals surface area (Å²) >= 11 is 0. The van der Waals surface area contributed by atoms with Gasteiger partial charge >= 0.3 is 0 Å². The van der Waals surface area contributed by atoms with Crippen LogP contribution in [0.15, 0.2) is 51.7 Å². The van der Waals surface area contributed by atoms with Crippen molar-refractivity contribution < 1.29 is 9.15 Å². The largest absolute Gasteiger partial charge is 0.494 e. The lowest BCUT2D eigenvalue weighted by molar-refractivity contribution is 0.414. The van der Waals surface area contributed by atoms with Crippen molar-refractivity contribution in [2.24, 2.45) is 4.99 Å². The molecule has 3 heterocycles. The molecule has 0 aliphatic carbocycles. The van der Waals surface area contributed by atoms with Crippen LogP contribution in [-0.4, -0.2) is 18.3 Å². The first kappa shape index (κ1) is 10.7. The molecular weight excluding hydrogens is 228 g/mol. The van der Waals surface area contributed by atoms with Crippen LogP contribution in [0.25, 0.3) is 17.5 Å². The lowest BCUT2D eigenvalue weighted by atomic mass is 10.3. The summed E-state index contributed by atoms with van der Waals surface area (Å²) in [5.74, 6) is 1.55. The van der Waals surface area contributed by atoms with Gasteiger partial charge in [-0.1, -0.05) is 0 Å². The van der Waals surface area contributed by atoms with Gasteiger partial charge in [-0.2, -0.15) is 0 Å². The molecule has 0 radical (unpaired) electrons. The van der Waals surface area contributed by atoms with Crippen LogP contribution in [-0.2, 0) is 0 Å². The van der Waals surface area contributed by atoms with Crippen molar-refractivity contribution in [1.29, 1.82) is 0 Å². The molecule has 1 aliphatic rings. The van der Waals surface area contributed by atoms with Gasteiger partial charge in [0, 0.05) is 12.3 Å². The minimum atomic E-state index is 0.768. The van der Waals surface area contributed by atoms with Crippen LogP contribution in [0.3, 0.4) is 0 Å². The Morgan fingerprint density at radius 3 is 3.06 bits per heavy atom. The molecule has 0 bridgehead atoms. The van der Waals surface area contributed by atoms with Crippen LogP contribution in [0.5, 0.6) is 5.75 Å². The molecule has 0 aromatic carbocycles. The van der Waals surface area contributed by atoms with Crippen molar-refractivity contribution in [3.05, 3.63) is 48.0 Å². The van der Waals surface area contributed by atoms with Crippen molar-refractivity contribution in [3.8, 4) is 17.2 Å². The Hall–Kier alpha value is -2.49. The second kappa shape index (κ2) is 4.41. The number of aromatic amines is 1. The Kier molecular flexibility index (Phi) is 2.61. The third-order valence-corrected chi connectivity index (χ3v) is 2.69. The first-order valence-electron chi connectivity index (χ1n) is 5.60. The van der Waals surface area contributed by atoms with E-state index in [1.54, 1.807) is 19.6 Å². The van der Waals surface area contributed by atoms with Gasteiger partial charge < -0.3 is 14.1 Å². The number of hydrogen-bond acceptors (Lipinski definition) is 3. The van der Waals surface area contributed by atoms with Gasteiger partial charge in [-0.25, -0.2) is 0 Å². The standard InChI is InChI=1S/C14H12N2O2/c1-17-14-9-12(13-5-3-7-18-13)16-11(14)8-10-4-2-6-15-10/h2-9,16H,1H3/b10-8-. The Morgan fingerprint density at radius 1 is 1.44 bits per heavy atom. The summed E-state index contributed by atoms with van der Waals surface area (Å²) in [4.78, 5) is 7.46. The van der Waals surface area contributed by atoms with E-state index in [9.17, 15) is 0 Å². The summed E-state index contributed by atoms with van der Waals surface area (Å²) in [7, 11) is 1.64. The fourth-order valence-electron chi connectivity index (χ4n) is 1.84. The monoisotopic (exact) mass is 240 g/mol. The Balaban J connectivity index is 2.01. The number of rotatable bonds is 3. The van der Waals surface area contributed by atoms with Crippen molar-refractivity contribution in [2.75, 3.05) is 7.11 Å². The van der Waals surface area contributed by atoms with Gasteiger partial charge in [0.2, 0.25) is 0 Å². The molecule has 0 unspecified atom stereocenters. The van der Waals surface area contributed by atoms with Crippen LogP contribution in [0, 0.1) is 0 Å². The maximum absolute atomic E-state index is 5.35. The molecule has 0 spiro atoms. The van der Waals surface area contributed by atoms with Gasteiger partial charge in [0.1, 0.15) is 11.5 Å². The Labute approximate surface area is 104 Å². The number of H-pyrrole nitrogens is 1. The van der Waals surface area contributed by atoms with Gasteiger partial charge in [-0.3, -0.25) is 4.99 Å². The first-order chi connectivity index (χ1) is 8.86. The van der Waals surface area contributed by atoms with E-state index in [4.69, 9.17) is 9.15 Å². The van der Waals surface area contributed by atoms with Crippen LogP contribution < -0.4 is 4.74 Å². The summed E-state index contributed by atoms with van der Waals surface area (Å²) in [6.07, 6.45) is 9.17. The van der Waals surface area contributed by atoms with Gasteiger partial charge in [0.05, 0.1) is 30.5 Å². The molecule has 4 heteroatoms. The average Bonchev–Trinajstić information content (AvgIpc) is 3.10. The topological polar surface area (TPSA) is 50.5 Å². The lowest BCUT2D eigenvalue weighted by Gasteiger charge is -1.96. The number of nitrogens with zero attached hydrogens (tertiary/aromatic N) is 1. The van der Waals surface area contributed by atoms with Crippen LogP contribution in [0.2, 0.25) is 0 Å². The quantitative estimate of drug-likeness (QED) is 0.895. The summed E-state index contributed by atoms with van der Waals surface area (Å²) < 4.78 is 10.7. The molecule has 18 heavy (non-hydrogen) atoms. The van der Waals surface area contributed by atoms with E-state index in [-0.39, 0.29) is 0 Å². The minimum Gasteiger partial charge on any atom is -0.494 e. The van der Waals surface area contributed by atoms with E-state index >= 15 is 0 Å². The fraction of sp³-hybridized carbons (Fsp3) is 0.0714. The molecule has 0 amide bonds. The Morgan fingerprint density at radius 2 is 2.39 bits per heavy atom. The van der Waals surface area contributed by atoms with E-state index in [1.165, 1.54) is 0 Å². The number of aliphatic imine (C=N–C) groups is 1. The van der Waals surface area contributed by atoms with Crippen LogP contribution in [0.1, 0.15) is 5.69 Å². The predicted octanol–water partition coefficient (Wildman–Crippen LogP) is 3.26. The number of allylic oxidation sites excluding steroid dienone is 2. The third-order valence-electron chi connectivity index (χ3n) is 2.69. The third kappa shape index (κ3) is 1.88. The van der Waals surface area contributed by atoms with E-state index in [0.29, 0.717) is 0 Å². The van der Waals surface area contributed by atoms with E-state index in [0.717, 1.165) is 28.6 Å². The molecule has 2 aromatic rings. The zero-order valence-corrected chi connectivity index (χ0v) is 9.88. The highest BCUT2D eigenvalue weighted by atomic mass is 16.5. The van der Waals surface area contributed by atoms with E-state index < -0.39 is 0 Å². The highest BCUT2D eigenvalue weighted by Crippen LogP contribution is 2.29. The van der Waals surface area contributed by atoms with Crippen molar-refractivity contribution >= 4 is 12.3 Å².